The first-order valence-electron chi connectivity index (χ1n) is 8.31. The highest BCUT2D eigenvalue weighted by Crippen LogP contribution is 2.33. The second-order valence-corrected chi connectivity index (χ2v) is 6.81. The number of methoxy groups -OCH3 is 1. The minimum atomic E-state index is -0.824. The molecule has 0 saturated heterocycles. The molecule has 0 radical (unpaired) electrons. The standard InChI is InChI=1S/C20H28O5/c1-8-20(5,6)16(13(2)3)10-9-15(19(22)23-7)12-24-17-11-14(4)18(21)25-17/h9-12,17H,8H2,1-7H3/b10-9+,15-12-. The van der Waals surface area contributed by atoms with Gasteiger partial charge in [-0.05, 0) is 44.3 Å². The van der Waals surface area contributed by atoms with Crippen molar-refractivity contribution >= 4 is 11.9 Å². The Kier molecular flexibility index (Phi) is 7.22. The highest BCUT2D eigenvalue weighted by molar-refractivity contribution is 5.91. The van der Waals surface area contributed by atoms with Gasteiger partial charge in [-0.2, -0.15) is 0 Å². The third kappa shape index (κ3) is 5.62. The predicted molar refractivity (Wildman–Crippen MR) is 96.4 cm³/mol. The average molecular weight is 348 g/mol. The lowest BCUT2D eigenvalue weighted by Gasteiger charge is -2.26. The minimum absolute atomic E-state index is 0.0156. The van der Waals surface area contributed by atoms with Crippen molar-refractivity contribution < 1.29 is 23.8 Å². The number of ether oxygens (including phenoxy) is 3. The molecule has 0 fully saturated rings. The monoisotopic (exact) mass is 348 g/mol. The van der Waals surface area contributed by atoms with Crippen LogP contribution in [0.15, 0.2) is 46.8 Å². The zero-order valence-corrected chi connectivity index (χ0v) is 16.1. The second kappa shape index (κ2) is 8.70. The molecule has 0 aromatic rings. The summed E-state index contributed by atoms with van der Waals surface area (Å²) in [5.74, 6) is -0.950. The number of carbonyl (C=O) groups excluding carboxylic acids is 2. The smallest absolute Gasteiger partial charge is 0.340 e. The Balaban J connectivity index is 3.04. The average Bonchev–Trinajstić information content (AvgIpc) is 2.87. The van der Waals surface area contributed by atoms with Crippen LogP contribution in [0.5, 0.6) is 0 Å². The fourth-order valence-electron chi connectivity index (χ4n) is 2.42. The van der Waals surface area contributed by atoms with Gasteiger partial charge in [0, 0.05) is 11.6 Å². The number of cyclic esters (lactones) is 1. The normalized spacial score (nSPS) is 18.0. The molecule has 25 heavy (non-hydrogen) atoms. The molecule has 0 amide bonds. The van der Waals surface area contributed by atoms with E-state index < -0.39 is 18.2 Å². The molecule has 5 heteroatoms. The van der Waals surface area contributed by atoms with Crippen LogP contribution in [0.2, 0.25) is 0 Å². The molecule has 0 aromatic carbocycles. The Morgan fingerprint density at radius 3 is 2.40 bits per heavy atom. The largest absolute Gasteiger partial charge is 0.465 e. The van der Waals surface area contributed by atoms with E-state index in [4.69, 9.17) is 14.2 Å². The molecule has 0 bridgehead atoms. The Morgan fingerprint density at radius 1 is 1.32 bits per heavy atom. The molecule has 1 heterocycles. The van der Waals surface area contributed by atoms with Gasteiger partial charge in [0.1, 0.15) is 6.26 Å². The van der Waals surface area contributed by atoms with Gasteiger partial charge < -0.3 is 14.2 Å². The summed E-state index contributed by atoms with van der Waals surface area (Å²) in [6, 6.07) is 0. The third-order valence-electron chi connectivity index (χ3n) is 4.26. The summed E-state index contributed by atoms with van der Waals surface area (Å²) >= 11 is 0. The van der Waals surface area contributed by atoms with Crippen LogP contribution in [0.4, 0.5) is 0 Å². The van der Waals surface area contributed by atoms with Crippen molar-refractivity contribution in [3.63, 3.8) is 0 Å². The molecule has 0 N–H and O–H groups in total. The molecule has 1 atom stereocenters. The zero-order chi connectivity index (χ0) is 19.2. The van der Waals surface area contributed by atoms with Crippen molar-refractivity contribution in [2.45, 2.75) is 54.3 Å². The van der Waals surface area contributed by atoms with E-state index in [-0.39, 0.29) is 11.0 Å². The highest BCUT2D eigenvalue weighted by Gasteiger charge is 2.23. The maximum atomic E-state index is 12.0. The van der Waals surface area contributed by atoms with Gasteiger partial charge in [0.05, 0.1) is 12.7 Å². The number of rotatable bonds is 7. The number of carbonyl (C=O) groups is 2. The molecule has 138 valence electrons. The molecular formula is C20H28O5. The van der Waals surface area contributed by atoms with Gasteiger partial charge in [-0.3, -0.25) is 0 Å². The topological polar surface area (TPSA) is 61.8 Å². The molecule has 1 aliphatic heterocycles. The Bertz CT molecular complexity index is 643. The summed E-state index contributed by atoms with van der Waals surface area (Å²) < 4.78 is 15.2. The van der Waals surface area contributed by atoms with E-state index in [9.17, 15) is 9.59 Å². The molecule has 1 aliphatic rings. The quantitative estimate of drug-likeness (QED) is 0.298. The summed E-state index contributed by atoms with van der Waals surface area (Å²) in [5, 5.41) is 0. The zero-order valence-electron chi connectivity index (χ0n) is 16.1. The van der Waals surface area contributed by atoms with E-state index in [0.717, 1.165) is 12.0 Å². The van der Waals surface area contributed by atoms with Crippen molar-refractivity contribution in [1.29, 1.82) is 0 Å². The van der Waals surface area contributed by atoms with Crippen LogP contribution < -0.4 is 0 Å². The predicted octanol–water partition coefficient (Wildman–Crippen LogP) is 4.22. The molecule has 0 aromatic heterocycles. The fraction of sp³-hybridized carbons (Fsp3) is 0.500. The van der Waals surface area contributed by atoms with E-state index in [1.165, 1.54) is 18.9 Å². The van der Waals surface area contributed by atoms with E-state index in [0.29, 0.717) is 5.57 Å². The highest BCUT2D eigenvalue weighted by atomic mass is 16.7. The van der Waals surface area contributed by atoms with Crippen molar-refractivity contribution in [2.75, 3.05) is 7.11 Å². The van der Waals surface area contributed by atoms with Crippen LogP contribution >= 0.6 is 0 Å². The SMILES string of the molecule is CCC(C)(C)C(/C=C/C(=C/OC1C=C(C)C(=O)O1)C(=O)OC)=C(C)C. The van der Waals surface area contributed by atoms with E-state index >= 15 is 0 Å². The second-order valence-electron chi connectivity index (χ2n) is 6.81. The lowest BCUT2D eigenvalue weighted by atomic mass is 9.79. The summed E-state index contributed by atoms with van der Waals surface area (Å²) in [5.41, 5.74) is 3.02. The van der Waals surface area contributed by atoms with Crippen LogP contribution in [0.1, 0.15) is 48.0 Å². The van der Waals surface area contributed by atoms with Gasteiger partial charge in [-0.1, -0.05) is 32.4 Å². The Hall–Kier alpha value is -2.30. The van der Waals surface area contributed by atoms with E-state index in [1.807, 2.05) is 19.9 Å². The first-order chi connectivity index (χ1) is 11.6. The van der Waals surface area contributed by atoms with Gasteiger partial charge in [-0.15, -0.1) is 0 Å². The van der Waals surface area contributed by atoms with Gasteiger partial charge in [0.15, 0.2) is 0 Å². The number of esters is 2. The summed E-state index contributed by atoms with van der Waals surface area (Å²) in [4.78, 5) is 23.3. The van der Waals surface area contributed by atoms with Crippen molar-refractivity contribution in [3.05, 3.63) is 46.8 Å². The van der Waals surface area contributed by atoms with Crippen molar-refractivity contribution in [1.82, 2.24) is 0 Å². The van der Waals surface area contributed by atoms with Crippen LogP contribution in [-0.4, -0.2) is 25.3 Å². The lowest BCUT2D eigenvalue weighted by Crippen LogP contribution is -2.14. The van der Waals surface area contributed by atoms with Crippen LogP contribution in [0, 0.1) is 5.41 Å². The first kappa shape index (κ1) is 20.7. The summed E-state index contributed by atoms with van der Waals surface area (Å²) in [7, 11) is 1.31. The van der Waals surface area contributed by atoms with Crippen molar-refractivity contribution in [3.8, 4) is 0 Å². The molecular weight excluding hydrogens is 320 g/mol. The van der Waals surface area contributed by atoms with Crippen LogP contribution in [-0.2, 0) is 23.8 Å². The van der Waals surface area contributed by atoms with E-state index in [2.05, 4.69) is 20.8 Å². The van der Waals surface area contributed by atoms with Gasteiger partial charge in [0.2, 0.25) is 0 Å². The molecule has 0 saturated carbocycles. The number of hydrogen-bond donors (Lipinski definition) is 0. The van der Waals surface area contributed by atoms with Crippen molar-refractivity contribution in [2.24, 2.45) is 5.41 Å². The molecule has 0 aliphatic carbocycles. The maximum Gasteiger partial charge on any atom is 0.340 e. The molecule has 5 nitrogen and oxygen atoms in total. The van der Waals surface area contributed by atoms with Crippen LogP contribution in [0.25, 0.3) is 0 Å². The third-order valence-corrected chi connectivity index (χ3v) is 4.26. The fourth-order valence-corrected chi connectivity index (χ4v) is 2.42. The van der Waals surface area contributed by atoms with Gasteiger partial charge in [-0.25, -0.2) is 9.59 Å². The Labute approximate surface area is 150 Å². The summed E-state index contributed by atoms with van der Waals surface area (Å²) in [6.07, 6.45) is 6.53. The Morgan fingerprint density at radius 2 is 1.96 bits per heavy atom. The molecule has 1 unspecified atom stereocenters. The number of allylic oxidation sites excluding steroid dienone is 3. The van der Waals surface area contributed by atoms with E-state index in [1.54, 1.807) is 19.1 Å². The van der Waals surface area contributed by atoms with Gasteiger partial charge >= 0.3 is 11.9 Å². The van der Waals surface area contributed by atoms with Crippen LogP contribution in [0.3, 0.4) is 0 Å². The van der Waals surface area contributed by atoms with Gasteiger partial charge in [0.25, 0.3) is 6.29 Å². The maximum absolute atomic E-state index is 12.0. The summed E-state index contributed by atoms with van der Waals surface area (Å²) in [6.45, 7) is 12.2. The molecule has 1 rings (SSSR count). The molecule has 0 spiro atoms. The minimum Gasteiger partial charge on any atom is -0.465 e. The number of hydrogen-bond acceptors (Lipinski definition) is 5. The lowest BCUT2D eigenvalue weighted by molar-refractivity contribution is -0.152. The first-order valence-corrected chi connectivity index (χ1v) is 8.31.